The predicted molar refractivity (Wildman–Crippen MR) is 64.1 cm³/mol. The minimum Gasteiger partial charge on any atom is -0.465 e. The minimum absolute atomic E-state index is 0.393. The van der Waals surface area contributed by atoms with Crippen LogP contribution < -0.4 is 0 Å². The Labute approximate surface area is 104 Å². The summed E-state index contributed by atoms with van der Waals surface area (Å²) in [5.41, 5.74) is 1.38. The van der Waals surface area contributed by atoms with E-state index in [4.69, 9.17) is 11.6 Å². The molecule has 88 valence electrons. The van der Waals surface area contributed by atoms with Crippen molar-refractivity contribution in [2.24, 2.45) is 0 Å². The van der Waals surface area contributed by atoms with Gasteiger partial charge in [0.05, 0.1) is 25.4 Å². The zero-order valence-electron chi connectivity index (χ0n) is 9.26. The number of nitrogens with zero attached hydrogens (tertiary/aromatic N) is 2. The highest BCUT2D eigenvalue weighted by atomic mass is 35.5. The fraction of sp³-hybridized carbons (Fsp3) is 0.167. The third kappa shape index (κ3) is 2.65. The van der Waals surface area contributed by atoms with Crippen molar-refractivity contribution in [1.29, 1.82) is 0 Å². The number of carbonyl (C=O) groups excluding carboxylic acids is 1. The molecule has 0 radical (unpaired) electrons. The molecule has 0 aliphatic carbocycles. The van der Waals surface area contributed by atoms with Crippen LogP contribution >= 0.6 is 11.6 Å². The summed E-state index contributed by atoms with van der Waals surface area (Å²) in [6.07, 6.45) is 3.11. The summed E-state index contributed by atoms with van der Waals surface area (Å²) in [4.78, 5) is 11.2. The molecule has 5 heteroatoms. The van der Waals surface area contributed by atoms with E-state index in [9.17, 15) is 4.79 Å². The molecule has 0 bridgehead atoms. The normalized spacial score (nSPS) is 10.2. The Morgan fingerprint density at radius 1 is 1.47 bits per heavy atom. The van der Waals surface area contributed by atoms with Crippen molar-refractivity contribution >= 4 is 17.6 Å². The van der Waals surface area contributed by atoms with Crippen molar-refractivity contribution in [2.75, 3.05) is 7.11 Å². The van der Waals surface area contributed by atoms with Crippen LogP contribution in [0.15, 0.2) is 36.7 Å². The Hall–Kier alpha value is -1.81. The van der Waals surface area contributed by atoms with Gasteiger partial charge in [0.25, 0.3) is 0 Å². The van der Waals surface area contributed by atoms with E-state index in [2.05, 4.69) is 9.84 Å². The number of carbonyl (C=O) groups is 1. The summed E-state index contributed by atoms with van der Waals surface area (Å²) < 4.78 is 6.25. The van der Waals surface area contributed by atoms with Gasteiger partial charge in [-0.1, -0.05) is 29.8 Å². The van der Waals surface area contributed by atoms with Crippen molar-refractivity contribution in [2.45, 2.75) is 6.54 Å². The Bertz CT molecular complexity index is 537. The number of esters is 1. The van der Waals surface area contributed by atoms with Gasteiger partial charge in [-0.15, -0.1) is 0 Å². The monoisotopic (exact) mass is 250 g/mol. The summed E-state index contributed by atoms with van der Waals surface area (Å²) in [6, 6.07) is 7.52. The van der Waals surface area contributed by atoms with Gasteiger partial charge >= 0.3 is 5.97 Å². The second-order valence-corrected chi connectivity index (χ2v) is 3.92. The zero-order chi connectivity index (χ0) is 12.3. The van der Waals surface area contributed by atoms with Gasteiger partial charge in [-0.3, -0.25) is 4.68 Å². The molecule has 1 aromatic heterocycles. The Morgan fingerprint density at radius 3 is 2.94 bits per heavy atom. The Balaban J connectivity index is 2.17. The maximum atomic E-state index is 11.2. The van der Waals surface area contributed by atoms with Gasteiger partial charge in [0, 0.05) is 11.2 Å². The first kappa shape index (κ1) is 11.7. The SMILES string of the molecule is COC(=O)c1cnn(Cc2ccccc2Cl)c1. The lowest BCUT2D eigenvalue weighted by atomic mass is 10.2. The van der Waals surface area contributed by atoms with Gasteiger partial charge in [0.15, 0.2) is 0 Å². The van der Waals surface area contributed by atoms with E-state index in [0.717, 1.165) is 5.56 Å². The number of ether oxygens (including phenoxy) is 1. The lowest BCUT2D eigenvalue weighted by Crippen LogP contribution is -2.02. The van der Waals surface area contributed by atoms with Crippen molar-refractivity contribution < 1.29 is 9.53 Å². The smallest absolute Gasteiger partial charge is 0.341 e. The molecule has 0 saturated heterocycles. The maximum absolute atomic E-state index is 11.2. The molecule has 4 nitrogen and oxygen atoms in total. The third-order valence-corrected chi connectivity index (χ3v) is 2.71. The van der Waals surface area contributed by atoms with Crippen LogP contribution in [-0.4, -0.2) is 22.9 Å². The highest BCUT2D eigenvalue weighted by Gasteiger charge is 2.08. The van der Waals surface area contributed by atoms with E-state index in [1.807, 2.05) is 24.3 Å². The number of benzene rings is 1. The highest BCUT2D eigenvalue weighted by Crippen LogP contribution is 2.16. The molecule has 0 atom stereocenters. The fourth-order valence-electron chi connectivity index (χ4n) is 1.47. The summed E-state index contributed by atoms with van der Waals surface area (Å²) >= 11 is 6.04. The molecule has 2 rings (SSSR count). The molecule has 0 spiro atoms. The third-order valence-electron chi connectivity index (χ3n) is 2.34. The molecule has 1 aromatic carbocycles. The summed E-state index contributed by atoms with van der Waals surface area (Å²) in [5.74, 6) is -0.393. The first-order valence-electron chi connectivity index (χ1n) is 5.05. The zero-order valence-corrected chi connectivity index (χ0v) is 10.0. The molecule has 0 saturated carbocycles. The van der Waals surface area contributed by atoms with Gasteiger partial charge in [-0.2, -0.15) is 5.10 Å². The van der Waals surface area contributed by atoms with Crippen molar-refractivity contribution in [3.63, 3.8) is 0 Å². The molecule has 2 aromatic rings. The standard InChI is InChI=1S/C12H11ClN2O2/c1-17-12(16)10-6-14-15(8-10)7-9-4-2-3-5-11(9)13/h2-6,8H,7H2,1H3. The van der Waals surface area contributed by atoms with Crippen LogP contribution in [0.5, 0.6) is 0 Å². The summed E-state index contributed by atoms with van der Waals surface area (Å²) in [6.45, 7) is 0.524. The van der Waals surface area contributed by atoms with E-state index in [0.29, 0.717) is 17.1 Å². The second-order valence-electron chi connectivity index (χ2n) is 3.51. The molecule has 1 heterocycles. The molecule has 17 heavy (non-hydrogen) atoms. The molecule has 0 unspecified atom stereocenters. The lowest BCUT2D eigenvalue weighted by Gasteiger charge is -2.03. The van der Waals surface area contributed by atoms with E-state index in [1.54, 1.807) is 10.9 Å². The maximum Gasteiger partial charge on any atom is 0.341 e. The quantitative estimate of drug-likeness (QED) is 0.786. The first-order chi connectivity index (χ1) is 8.20. The average molecular weight is 251 g/mol. The number of halogens is 1. The molecule has 0 aliphatic rings. The van der Waals surface area contributed by atoms with E-state index in [1.165, 1.54) is 13.3 Å². The van der Waals surface area contributed by atoms with E-state index < -0.39 is 5.97 Å². The van der Waals surface area contributed by atoms with Crippen LogP contribution in [-0.2, 0) is 11.3 Å². The van der Waals surface area contributed by atoms with Crippen LogP contribution in [0.4, 0.5) is 0 Å². The molecular formula is C12H11ClN2O2. The minimum atomic E-state index is -0.393. The predicted octanol–water partition coefficient (Wildman–Crippen LogP) is 2.37. The van der Waals surface area contributed by atoms with E-state index >= 15 is 0 Å². The molecule has 0 fully saturated rings. The molecular weight excluding hydrogens is 240 g/mol. The Morgan fingerprint density at radius 2 is 2.24 bits per heavy atom. The molecule has 0 aliphatic heterocycles. The summed E-state index contributed by atoms with van der Waals surface area (Å²) in [5, 5.41) is 4.76. The number of methoxy groups -OCH3 is 1. The van der Waals surface area contributed by atoms with Crippen molar-refractivity contribution in [3.05, 3.63) is 52.8 Å². The van der Waals surface area contributed by atoms with E-state index in [-0.39, 0.29) is 0 Å². The van der Waals surface area contributed by atoms with Crippen LogP contribution in [0.25, 0.3) is 0 Å². The fourth-order valence-corrected chi connectivity index (χ4v) is 1.67. The Kier molecular flexibility index (Phi) is 3.44. The van der Waals surface area contributed by atoms with Gasteiger partial charge in [-0.05, 0) is 11.6 Å². The number of hydrogen-bond donors (Lipinski definition) is 0. The van der Waals surface area contributed by atoms with Gasteiger partial charge in [-0.25, -0.2) is 4.79 Å². The lowest BCUT2D eigenvalue weighted by molar-refractivity contribution is 0.0600. The van der Waals surface area contributed by atoms with Crippen LogP contribution in [0.3, 0.4) is 0 Å². The van der Waals surface area contributed by atoms with Crippen LogP contribution in [0.1, 0.15) is 15.9 Å². The number of hydrogen-bond acceptors (Lipinski definition) is 3. The number of rotatable bonds is 3. The second kappa shape index (κ2) is 5.01. The first-order valence-corrected chi connectivity index (χ1v) is 5.42. The average Bonchev–Trinajstić information content (AvgIpc) is 2.80. The summed E-state index contributed by atoms with van der Waals surface area (Å²) in [7, 11) is 1.34. The van der Waals surface area contributed by atoms with Gasteiger partial charge < -0.3 is 4.74 Å². The van der Waals surface area contributed by atoms with Gasteiger partial charge in [0.1, 0.15) is 0 Å². The largest absolute Gasteiger partial charge is 0.465 e. The topological polar surface area (TPSA) is 44.1 Å². The number of aromatic nitrogens is 2. The van der Waals surface area contributed by atoms with Gasteiger partial charge in [0.2, 0.25) is 0 Å². The van der Waals surface area contributed by atoms with Crippen molar-refractivity contribution in [1.82, 2.24) is 9.78 Å². The highest BCUT2D eigenvalue weighted by molar-refractivity contribution is 6.31. The molecule has 0 amide bonds. The van der Waals surface area contributed by atoms with Crippen LogP contribution in [0, 0.1) is 0 Å². The van der Waals surface area contributed by atoms with Crippen LogP contribution in [0.2, 0.25) is 5.02 Å². The van der Waals surface area contributed by atoms with Crippen molar-refractivity contribution in [3.8, 4) is 0 Å². The molecule has 0 N–H and O–H groups in total.